The first-order chi connectivity index (χ1) is 11.4. The highest BCUT2D eigenvalue weighted by Gasteiger charge is 2.06. The highest BCUT2D eigenvalue weighted by Crippen LogP contribution is 2.19. The summed E-state index contributed by atoms with van der Waals surface area (Å²) in [5, 5.41) is 8.66. The molecule has 2 rings (SSSR count). The maximum Gasteiger partial charge on any atom is 0.239 e. The van der Waals surface area contributed by atoms with Gasteiger partial charge < -0.3 is 16.0 Å². The topological polar surface area (TPSA) is 70.2 Å². The number of rotatable bonds is 6. The average Bonchev–Trinajstić information content (AvgIpc) is 2.54. The number of halogens is 2. The van der Waals surface area contributed by atoms with E-state index in [1.54, 1.807) is 12.1 Å². The fourth-order valence-electron chi connectivity index (χ4n) is 1.97. The van der Waals surface area contributed by atoms with Crippen LogP contribution in [-0.2, 0) is 16.1 Å². The molecule has 0 aliphatic carbocycles. The van der Waals surface area contributed by atoms with Crippen molar-refractivity contribution in [2.75, 3.05) is 17.2 Å². The Hall–Kier alpha value is -2.60. The van der Waals surface area contributed by atoms with Crippen molar-refractivity contribution < 1.29 is 14.0 Å². The van der Waals surface area contributed by atoms with Crippen molar-refractivity contribution in [3.63, 3.8) is 0 Å². The molecule has 0 radical (unpaired) electrons. The summed E-state index contributed by atoms with van der Waals surface area (Å²) in [5.41, 5.74) is 1.53. The van der Waals surface area contributed by atoms with Gasteiger partial charge in [-0.25, -0.2) is 4.39 Å². The first-order valence-electron chi connectivity index (χ1n) is 7.26. The van der Waals surface area contributed by atoms with Crippen molar-refractivity contribution >= 4 is 34.8 Å². The van der Waals surface area contributed by atoms with Crippen molar-refractivity contribution in [3.05, 3.63) is 58.9 Å². The molecule has 0 aliphatic heterocycles. The van der Waals surface area contributed by atoms with Crippen LogP contribution in [0.1, 0.15) is 12.5 Å². The summed E-state index contributed by atoms with van der Waals surface area (Å²) in [6.07, 6.45) is 0. The van der Waals surface area contributed by atoms with Gasteiger partial charge in [-0.1, -0.05) is 23.7 Å². The second-order valence-corrected chi connectivity index (χ2v) is 5.57. The maximum absolute atomic E-state index is 13.5. The lowest BCUT2D eigenvalue weighted by molar-refractivity contribution is -0.119. The molecule has 0 saturated carbocycles. The molecular weight excluding hydrogens is 333 g/mol. The average molecular weight is 350 g/mol. The van der Waals surface area contributed by atoms with E-state index in [1.807, 2.05) is 12.1 Å². The minimum absolute atomic E-state index is 0.0265. The largest absolute Gasteiger partial charge is 0.376 e. The third-order valence-corrected chi connectivity index (χ3v) is 3.39. The molecule has 0 aromatic heterocycles. The Balaban J connectivity index is 1.85. The molecule has 24 heavy (non-hydrogen) atoms. The second-order valence-electron chi connectivity index (χ2n) is 5.13. The zero-order valence-electron chi connectivity index (χ0n) is 13.0. The Morgan fingerprint density at radius 1 is 1.12 bits per heavy atom. The maximum atomic E-state index is 13.5. The van der Waals surface area contributed by atoms with Gasteiger partial charge in [-0.3, -0.25) is 9.59 Å². The Bertz CT molecular complexity index is 735. The molecule has 7 heteroatoms. The van der Waals surface area contributed by atoms with E-state index in [1.165, 1.54) is 25.1 Å². The summed E-state index contributed by atoms with van der Waals surface area (Å²) in [4.78, 5) is 22.9. The molecule has 2 aromatic rings. The molecule has 5 nitrogen and oxygen atoms in total. The Labute approximate surface area is 144 Å². The minimum atomic E-state index is -0.539. The lowest BCUT2D eigenvalue weighted by Crippen LogP contribution is -2.29. The SMILES string of the molecule is CC(=O)Nc1cc(NCC(=O)NCc2ccc(Cl)cc2)ccc1F. The molecule has 0 heterocycles. The molecule has 2 aromatic carbocycles. The van der Waals surface area contributed by atoms with Crippen molar-refractivity contribution in [1.29, 1.82) is 0 Å². The van der Waals surface area contributed by atoms with Crippen LogP contribution >= 0.6 is 11.6 Å². The molecule has 0 unspecified atom stereocenters. The molecule has 0 saturated heterocycles. The smallest absolute Gasteiger partial charge is 0.239 e. The molecule has 0 atom stereocenters. The number of anilines is 2. The van der Waals surface area contributed by atoms with Gasteiger partial charge in [0.15, 0.2) is 0 Å². The van der Waals surface area contributed by atoms with Crippen LogP contribution in [0.25, 0.3) is 0 Å². The Morgan fingerprint density at radius 2 is 1.83 bits per heavy atom. The van der Waals surface area contributed by atoms with Crippen LogP contribution in [-0.4, -0.2) is 18.4 Å². The van der Waals surface area contributed by atoms with E-state index in [9.17, 15) is 14.0 Å². The predicted molar refractivity (Wildman–Crippen MR) is 92.5 cm³/mol. The van der Waals surface area contributed by atoms with Gasteiger partial charge in [-0.15, -0.1) is 0 Å². The second kappa shape index (κ2) is 8.31. The number of hydrogen-bond acceptors (Lipinski definition) is 3. The van der Waals surface area contributed by atoms with E-state index in [0.717, 1.165) is 5.56 Å². The first kappa shape index (κ1) is 17.7. The van der Waals surface area contributed by atoms with Gasteiger partial charge in [0.1, 0.15) is 5.82 Å². The fourth-order valence-corrected chi connectivity index (χ4v) is 2.09. The highest BCUT2D eigenvalue weighted by atomic mass is 35.5. The van der Waals surface area contributed by atoms with Gasteiger partial charge in [0.05, 0.1) is 12.2 Å². The minimum Gasteiger partial charge on any atom is -0.376 e. The van der Waals surface area contributed by atoms with Gasteiger partial charge in [0, 0.05) is 24.2 Å². The van der Waals surface area contributed by atoms with Crippen molar-refractivity contribution in [2.24, 2.45) is 0 Å². The molecule has 0 aliphatic rings. The predicted octanol–water partition coefficient (Wildman–Crippen LogP) is 3.17. The summed E-state index contributed by atoms with van der Waals surface area (Å²) in [6.45, 7) is 1.71. The molecule has 0 spiro atoms. The Morgan fingerprint density at radius 3 is 2.50 bits per heavy atom. The monoisotopic (exact) mass is 349 g/mol. The lowest BCUT2D eigenvalue weighted by Gasteiger charge is -2.10. The van der Waals surface area contributed by atoms with Crippen LogP contribution in [0, 0.1) is 5.82 Å². The van der Waals surface area contributed by atoms with E-state index in [-0.39, 0.29) is 24.0 Å². The molecular formula is C17H17ClFN3O2. The molecule has 0 fully saturated rings. The first-order valence-corrected chi connectivity index (χ1v) is 7.64. The van der Waals surface area contributed by atoms with E-state index >= 15 is 0 Å². The van der Waals surface area contributed by atoms with E-state index < -0.39 is 5.82 Å². The van der Waals surface area contributed by atoms with Gasteiger partial charge in [-0.2, -0.15) is 0 Å². The van der Waals surface area contributed by atoms with Gasteiger partial charge in [0.2, 0.25) is 11.8 Å². The number of carbonyl (C=O) groups excluding carboxylic acids is 2. The van der Waals surface area contributed by atoms with Crippen LogP contribution in [0.5, 0.6) is 0 Å². The zero-order valence-corrected chi connectivity index (χ0v) is 13.8. The fraction of sp³-hybridized carbons (Fsp3) is 0.176. The molecule has 2 amide bonds. The molecule has 126 valence electrons. The van der Waals surface area contributed by atoms with Crippen molar-refractivity contribution in [1.82, 2.24) is 5.32 Å². The van der Waals surface area contributed by atoms with Crippen LogP contribution in [0.2, 0.25) is 5.02 Å². The van der Waals surface area contributed by atoms with Crippen molar-refractivity contribution in [3.8, 4) is 0 Å². The highest BCUT2D eigenvalue weighted by molar-refractivity contribution is 6.30. The van der Waals surface area contributed by atoms with E-state index in [4.69, 9.17) is 11.6 Å². The quantitative estimate of drug-likeness (QED) is 0.750. The van der Waals surface area contributed by atoms with E-state index in [0.29, 0.717) is 17.3 Å². The lowest BCUT2D eigenvalue weighted by atomic mass is 10.2. The van der Waals surface area contributed by atoms with Crippen LogP contribution in [0.4, 0.5) is 15.8 Å². The summed E-state index contributed by atoms with van der Waals surface area (Å²) < 4.78 is 13.5. The van der Waals surface area contributed by atoms with Crippen LogP contribution in [0.15, 0.2) is 42.5 Å². The number of amides is 2. The number of carbonyl (C=O) groups is 2. The standard InChI is InChI=1S/C17H17ClFN3O2/c1-11(23)22-16-8-14(6-7-15(16)19)20-10-17(24)21-9-12-2-4-13(18)5-3-12/h2-8,20H,9-10H2,1H3,(H,21,24)(H,22,23). The molecule has 3 N–H and O–H groups in total. The Kier molecular flexibility index (Phi) is 6.14. The number of benzene rings is 2. The summed E-state index contributed by atoms with van der Waals surface area (Å²) in [7, 11) is 0. The summed E-state index contributed by atoms with van der Waals surface area (Å²) >= 11 is 5.80. The zero-order chi connectivity index (χ0) is 17.5. The summed E-state index contributed by atoms with van der Waals surface area (Å²) in [6, 6.07) is 11.3. The third-order valence-electron chi connectivity index (χ3n) is 3.13. The van der Waals surface area contributed by atoms with Gasteiger partial charge in [0.25, 0.3) is 0 Å². The van der Waals surface area contributed by atoms with E-state index in [2.05, 4.69) is 16.0 Å². The number of nitrogens with one attached hydrogen (secondary N) is 3. The van der Waals surface area contributed by atoms with Crippen LogP contribution in [0.3, 0.4) is 0 Å². The van der Waals surface area contributed by atoms with Gasteiger partial charge >= 0.3 is 0 Å². The summed E-state index contributed by atoms with van der Waals surface area (Å²) in [5.74, 6) is -1.12. The normalized spacial score (nSPS) is 10.1. The van der Waals surface area contributed by atoms with Crippen LogP contribution < -0.4 is 16.0 Å². The molecule has 0 bridgehead atoms. The van der Waals surface area contributed by atoms with Gasteiger partial charge in [-0.05, 0) is 35.9 Å². The van der Waals surface area contributed by atoms with Crippen molar-refractivity contribution in [2.45, 2.75) is 13.5 Å². The number of hydrogen-bond donors (Lipinski definition) is 3. The third kappa shape index (κ3) is 5.55.